The zero-order chi connectivity index (χ0) is 15.8. The van der Waals surface area contributed by atoms with Gasteiger partial charge in [-0.05, 0) is 17.7 Å². The van der Waals surface area contributed by atoms with Gasteiger partial charge in [0.05, 0.1) is 12.1 Å². The molecule has 0 aliphatic rings. The second kappa shape index (κ2) is 8.29. The number of carbonyl (C=O) groups is 1. The Morgan fingerprint density at radius 3 is 2.57 bits per heavy atom. The van der Waals surface area contributed by atoms with E-state index in [1.54, 1.807) is 7.11 Å². The van der Waals surface area contributed by atoms with Gasteiger partial charge in [-0.3, -0.25) is 4.79 Å². The molecule has 1 rings (SSSR count). The van der Waals surface area contributed by atoms with E-state index >= 15 is 0 Å². The molecule has 110 valence electrons. The first-order valence-corrected chi connectivity index (χ1v) is 7.34. The topological polar surface area (TPSA) is 88.1 Å². The quantitative estimate of drug-likeness (QED) is 0.490. The molecule has 0 aliphatic carbocycles. The van der Waals surface area contributed by atoms with Gasteiger partial charge >= 0.3 is 0 Å². The number of hydrogen-bond acceptors (Lipinski definition) is 6. The Morgan fingerprint density at radius 2 is 2.10 bits per heavy atom. The van der Waals surface area contributed by atoms with E-state index in [1.165, 1.54) is 18.7 Å². The summed E-state index contributed by atoms with van der Waals surface area (Å²) in [6.07, 6.45) is 0. The van der Waals surface area contributed by atoms with Gasteiger partial charge in [-0.15, -0.1) is 11.8 Å². The van der Waals surface area contributed by atoms with Crippen molar-refractivity contribution in [3.05, 3.63) is 40.4 Å². The van der Waals surface area contributed by atoms with Gasteiger partial charge < -0.3 is 15.8 Å². The molecule has 5 nitrogen and oxygen atoms in total. The van der Waals surface area contributed by atoms with E-state index in [0.29, 0.717) is 5.75 Å². The van der Waals surface area contributed by atoms with Crippen LogP contribution in [0.1, 0.15) is 12.5 Å². The fourth-order valence-corrected chi connectivity index (χ4v) is 2.57. The Kier molecular flexibility index (Phi) is 6.72. The smallest absolute Gasteiger partial charge is 0.221 e. The fraction of sp³-hybridized carbons (Fsp3) is 0.214. The summed E-state index contributed by atoms with van der Waals surface area (Å²) in [5, 5.41) is 11.8. The van der Waals surface area contributed by atoms with Gasteiger partial charge in [-0.2, -0.15) is 5.26 Å². The minimum Gasteiger partial charge on any atom is -0.497 e. The minimum atomic E-state index is -0.333. The summed E-state index contributed by atoms with van der Waals surface area (Å²) in [7, 11) is 1.60. The van der Waals surface area contributed by atoms with Gasteiger partial charge in [0.2, 0.25) is 5.91 Å². The normalized spacial score (nSPS) is 11.1. The summed E-state index contributed by atoms with van der Waals surface area (Å²) >= 11 is 6.25. The first-order valence-electron chi connectivity index (χ1n) is 5.95. The Morgan fingerprint density at radius 1 is 1.48 bits per heavy atom. The molecule has 0 spiro atoms. The number of methoxy groups -OCH3 is 1. The van der Waals surface area contributed by atoms with Crippen LogP contribution in [0.25, 0.3) is 0 Å². The summed E-state index contributed by atoms with van der Waals surface area (Å²) in [6.45, 7) is 1.32. The van der Waals surface area contributed by atoms with Crippen molar-refractivity contribution in [2.45, 2.75) is 12.7 Å². The average Bonchev–Trinajstić information content (AvgIpc) is 2.45. The maximum Gasteiger partial charge on any atom is 0.221 e. The third kappa shape index (κ3) is 5.45. The van der Waals surface area contributed by atoms with Crippen LogP contribution in [0.5, 0.6) is 5.75 Å². The fourth-order valence-electron chi connectivity index (χ4n) is 1.40. The van der Waals surface area contributed by atoms with Crippen molar-refractivity contribution in [2.75, 3.05) is 7.11 Å². The Balaban J connectivity index is 2.74. The summed E-state index contributed by atoms with van der Waals surface area (Å²) in [5.41, 5.74) is 7.01. The molecule has 0 fully saturated rings. The Hall–Kier alpha value is -2.04. The summed E-state index contributed by atoms with van der Waals surface area (Å²) in [5.74, 6) is 1.03. The first kappa shape index (κ1) is 17.0. The number of rotatable bonds is 5. The monoisotopic (exact) mass is 321 g/mol. The predicted molar refractivity (Wildman–Crippen MR) is 87.5 cm³/mol. The van der Waals surface area contributed by atoms with Crippen LogP contribution in [0.2, 0.25) is 0 Å². The van der Waals surface area contributed by atoms with Crippen molar-refractivity contribution in [3.8, 4) is 11.8 Å². The number of nitrogens with two attached hydrogens (primary N) is 1. The molecule has 0 heterocycles. The van der Waals surface area contributed by atoms with Crippen LogP contribution in [-0.2, 0) is 10.5 Å². The molecule has 7 heteroatoms. The predicted octanol–water partition coefficient (Wildman–Crippen LogP) is 2.09. The van der Waals surface area contributed by atoms with Crippen LogP contribution in [0.3, 0.4) is 0 Å². The highest BCUT2D eigenvalue weighted by molar-refractivity contribution is 8.02. The van der Waals surface area contributed by atoms with Gasteiger partial charge in [-0.1, -0.05) is 24.4 Å². The van der Waals surface area contributed by atoms with Crippen molar-refractivity contribution in [2.24, 2.45) is 5.73 Å². The van der Waals surface area contributed by atoms with E-state index in [2.05, 4.69) is 5.32 Å². The van der Waals surface area contributed by atoms with Crippen molar-refractivity contribution < 1.29 is 9.53 Å². The lowest BCUT2D eigenvalue weighted by Crippen LogP contribution is -2.28. The molecule has 0 aromatic heterocycles. The highest BCUT2D eigenvalue weighted by Crippen LogP contribution is 2.22. The first-order chi connectivity index (χ1) is 9.97. The van der Waals surface area contributed by atoms with Gasteiger partial charge in [0, 0.05) is 12.7 Å². The Bertz CT molecular complexity index is 604. The number of nitrogens with one attached hydrogen (secondary N) is 1. The van der Waals surface area contributed by atoms with E-state index in [9.17, 15) is 4.79 Å². The molecule has 0 radical (unpaired) electrons. The number of nitriles is 1. The maximum atomic E-state index is 10.9. The number of amides is 1. The SMILES string of the molecule is COc1ccc(CS/C(N)=C(\C#N)C(=S)NC(C)=O)cc1. The van der Waals surface area contributed by atoms with Crippen molar-refractivity contribution in [1.82, 2.24) is 5.32 Å². The zero-order valence-electron chi connectivity index (χ0n) is 11.7. The number of hydrogen-bond donors (Lipinski definition) is 2. The number of thioether (sulfide) groups is 1. The van der Waals surface area contributed by atoms with E-state index in [-0.39, 0.29) is 21.5 Å². The molecule has 0 saturated heterocycles. The van der Waals surface area contributed by atoms with E-state index in [4.69, 9.17) is 28.0 Å². The molecular weight excluding hydrogens is 306 g/mol. The third-order valence-electron chi connectivity index (χ3n) is 2.43. The lowest BCUT2D eigenvalue weighted by molar-refractivity contribution is -0.117. The van der Waals surface area contributed by atoms with Crippen molar-refractivity contribution in [3.63, 3.8) is 0 Å². The molecule has 1 amide bonds. The molecule has 3 N–H and O–H groups in total. The molecular formula is C14H15N3O2S2. The number of benzene rings is 1. The van der Waals surface area contributed by atoms with Crippen LogP contribution in [-0.4, -0.2) is 18.0 Å². The standard InChI is InChI=1S/C14H15N3O2S2/c1-9(18)17-14(20)12(7-15)13(16)21-8-10-3-5-11(19-2)6-4-10/h3-6H,8,16H2,1-2H3,(H,17,18,20)/b13-12+. The zero-order valence-corrected chi connectivity index (χ0v) is 13.3. The highest BCUT2D eigenvalue weighted by atomic mass is 32.2. The molecule has 0 bridgehead atoms. The lowest BCUT2D eigenvalue weighted by Gasteiger charge is -2.07. The lowest BCUT2D eigenvalue weighted by atomic mass is 10.2. The largest absolute Gasteiger partial charge is 0.497 e. The van der Waals surface area contributed by atoms with E-state index in [1.807, 2.05) is 30.3 Å². The van der Waals surface area contributed by atoms with E-state index in [0.717, 1.165) is 11.3 Å². The second-order valence-corrected chi connectivity index (χ2v) is 5.42. The molecule has 1 aromatic carbocycles. The number of ether oxygens (including phenoxy) is 1. The maximum absolute atomic E-state index is 10.9. The molecule has 0 saturated carbocycles. The van der Waals surface area contributed by atoms with Crippen LogP contribution in [0.15, 0.2) is 34.9 Å². The molecule has 21 heavy (non-hydrogen) atoms. The van der Waals surface area contributed by atoms with Gasteiger partial charge in [0.1, 0.15) is 22.4 Å². The molecule has 0 aliphatic heterocycles. The Labute approximate surface area is 133 Å². The minimum absolute atomic E-state index is 0.0460. The average molecular weight is 321 g/mol. The van der Waals surface area contributed by atoms with Crippen LogP contribution < -0.4 is 15.8 Å². The van der Waals surface area contributed by atoms with Gasteiger partial charge in [0.25, 0.3) is 0 Å². The van der Waals surface area contributed by atoms with Crippen molar-refractivity contribution >= 4 is 34.9 Å². The van der Waals surface area contributed by atoms with Gasteiger partial charge in [0.15, 0.2) is 0 Å². The van der Waals surface area contributed by atoms with E-state index < -0.39 is 0 Å². The molecule has 0 unspecified atom stereocenters. The highest BCUT2D eigenvalue weighted by Gasteiger charge is 2.11. The van der Waals surface area contributed by atoms with Crippen LogP contribution >= 0.6 is 24.0 Å². The summed E-state index contributed by atoms with van der Waals surface area (Å²) in [4.78, 5) is 11.0. The third-order valence-corrected chi connectivity index (χ3v) is 3.73. The summed E-state index contributed by atoms with van der Waals surface area (Å²) in [6, 6.07) is 9.45. The summed E-state index contributed by atoms with van der Waals surface area (Å²) < 4.78 is 5.08. The second-order valence-electron chi connectivity index (χ2n) is 4.00. The molecule has 1 aromatic rings. The van der Waals surface area contributed by atoms with Crippen molar-refractivity contribution in [1.29, 1.82) is 5.26 Å². The molecule has 0 atom stereocenters. The number of nitrogens with zero attached hydrogens (tertiary/aromatic N) is 1. The van der Waals surface area contributed by atoms with Gasteiger partial charge in [-0.25, -0.2) is 0 Å². The number of carbonyl (C=O) groups excluding carboxylic acids is 1. The van der Waals surface area contributed by atoms with Crippen LogP contribution in [0.4, 0.5) is 0 Å². The number of thiocarbonyl (C=S) groups is 1. The van der Waals surface area contributed by atoms with Crippen LogP contribution in [0, 0.1) is 11.3 Å².